The number of rotatable bonds is 10. The lowest BCUT2D eigenvalue weighted by Gasteiger charge is -2.27. The van der Waals surface area contributed by atoms with Gasteiger partial charge in [0, 0.05) is 41.4 Å². The van der Waals surface area contributed by atoms with Gasteiger partial charge in [-0.25, -0.2) is 4.98 Å². The molecular weight excluding hydrogens is 444 g/mol. The Morgan fingerprint density at radius 1 is 1.03 bits per heavy atom. The summed E-state index contributed by atoms with van der Waals surface area (Å²) in [5, 5.41) is 3.37. The van der Waals surface area contributed by atoms with Gasteiger partial charge in [0.05, 0.1) is 12.5 Å². The van der Waals surface area contributed by atoms with Gasteiger partial charge in [0.2, 0.25) is 5.88 Å². The number of nitrogens with zero attached hydrogens (tertiary/aromatic N) is 1. The molecule has 0 spiro atoms. The molecule has 0 radical (unpaired) electrons. The summed E-state index contributed by atoms with van der Waals surface area (Å²) in [6.07, 6.45) is 5.40. The van der Waals surface area contributed by atoms with Gasteiger partial charge in [0.15, 0.2) is 5.78 Å². The van der Waals surface area contributed by atoms with E-state index in [9.17, 15) is 14.4 Å². The summed E-state index contributed by atoms with van der Waals surface area (Å²) in [5.41, 5.74) is 1.04. The lowest BCUT2D eigenvalue weighted by molar-refractivity contribution is -0.149. The number of pyridine rings is 1. The van der Waals surface area contributed by atoms with Crippen molar-refractivity contribution in [2.45, 2.75) is 51.6 Å². The number of carbonyl (C=O) groups excluding carboxylic acids is 3. The molecule has 1 heterocycles. The molecule has 0 unspecified atom stereocenters. The molecule has 0 bridgehead atoms. The molecule has 1 aromatic carbocycles. The Morgan fingerprint density at radius 3 is 2.36 bits per heavy atom. The number of amides is 1. The highest BCUT2D eigenvalue weighted by molar-refractivity contribution is 6.30. The van der Waals surface area contributed by atoms with Crippen molar-refractivity contribution in [1.29, 1.82) is 0 Å². The van der Waals surface area contributed by atoms with E-state index in [1.165, 1.54) is 6.20 Å². The number of ketones is 1. The maximum Gasteiger partial charge on any atom is 0.308 e. The van der Waals surface area contributed by atoms with E-state index in [0.29, 0.717) is 48.0 Å². The van der Waals surface area contributed by atoms with Crippen molar-refractivity contribution < 1.29 is 23.9 Å². The fraction of sp³-hybridized carbons (Fsp3) is 0.440. The quantitative estimate of drug-likeness (QED) is 0.308. The van der Waals surface area contributed by atoms with Crippen LogP contribution in [0.25, 0.3) is 0 Å². The second-order valence-electron chi connectivity index (χ2n) is 8.02. The van der Waals surface area contributed by atoms with Crippen LogP contribution in [0.4, 0.5) is 0 Å². The Hall–Kier alpha value is -2.93. The Bertz CT molecular complexity index is 938. The predicted octanol–water partition coefficient (Wildman–Crippen LogP) is 4.63. The topological polar surface area (TPSA) is 94.6 Å². The van der Waals surface area contributed by atoms with Gasteiger partial charge < -0.3 is 14.8 Å². The fourth-order valence-electron chi connectivity index (χ4n) is 3.76. The van der Waals surface area contributed by atoms with Crippen molar-refractivity contribution in [3.8, 4) is 5.88 Å². The standard InChI is InChI=1S/C25H29ClN2O5/c1-2-32-25(31)18-7-12-21(13-8-18)33-23-14-9-19(16-28-23)22(29)4-3-15-27-24(30)17-5-10-20(26)11-6-17/h5-6,9-11,14,16,18,21H,2-4,7-8,12-13,15H2,1H3,(H,27,30). The summed E-state index contributed by atoms with van der Waals surface area (Å²) in [4.78, 5) is 40.6. The Morgan fingerprint density at radius 2 is 1.73 bits per heavy atom. The van der Waals surface area contributed by atoms with Crippen molar-refractivity contribution >= 4 is 29.3 Å². The van der Waals surface area contributed by atoms with Crippen LogP contribution < -0.4 is 10.1 Å². The van der Waals surface area contributed by atoms with E-state index in [0.717, 1.165) is 25.7 Å². The van der Waals surface area contributed by atoms with Crippen LogP contribution in [-0.2, 0) is 9.53 Å². The molecule has 1 aliphatic rings. The molecule has 2 aromatic rings. The number of nitrogens with one attached hydrogen (secondary N) is 1. The Labute approximate surface area is 198 Å². The van der Waals surface area contributed by atoms with Gasteiger partial charge in [0.1, 0.15) is 6.10 Å². The van der Waals surface area contributed by atoms with Gasteiger partial charge in [-0.15, -0.1) is 0 Å². The molecule has 1 saturated carbocycles. The van der Waals surface area contributed by atoms with Gasteiger partial charge in [-0.3, -0.25) is 14.4 Å². The maximum absolute atomic E-state index is 12.4. The molecule has 7 nitrogen and oxygen atoms in total. The second-order valence-corrected chi connectivity index (χ2v) is 8.45. The molecule has 1 fully saturated rings. The number of benzene rings is 1. The Kier molecular flexibility index (Phi) is 9.24. The molecule has 1 aliphatic carbocycles. The van der Waals surface area contributed by atoms with Crippen LogP contribution >= 0.6 is 11.6 Å². The van der Waals surface area contributed by atoms with Crippen LogP contribution in [0.3, 0.4) is 0 Å². The maximum atomic E-state index is 12.4. The zero-order valence-electron chi connectivity index (χ0n) is 18.7. The van der Waals surface area contributed by atoms with Crippen LogP contribution in [0.5, 0.6) is 5.88 Å². The van der Waals surface area contributed by atoms with E-state index in [-0.39, 0.29) is 29.7 Å². The van der Waals surface area contributed by atoms with Gasteiger partial charge >= 0.3 is 5.97 Å². The van der Waals surface area contributed by atoms with E-state index in [4.69, 9.17) is 21.1 Å². The third-order valence-electron chi connectivity index (χ3n) is 5.61. The number of ether oxygens (including phenoxy) is 2. The number of esters is 1. The minimum absolute atomic E-state index is 0.00831. The molecule has 1 N–H and O–H groups in total. The Balaban J connectivity index is 1.37. The molecule has 1 aromatic heterocycles. The fourth-order valence-corrected chi connectivity index (χ4v) is 3.89. The van der Waals surface area contributed by atoms with Crippen LogP contribution in [-0.4, -0.2) is 41.9 Å². The molecular formula is C25H29ClN2O5. The van der Waals surface area contributed by atoms with Crippen LogP contribution in [0.1, 0.15) is 66.2 Å². The van der Waals surface area contributed by atoms with Crippen LogP contribution in [0.15, 0.2) is 42.6 Å². The summed E-state index contributed by atoms with van der Waals surface area (Å²) in [7, 11) is 0. The highest BCUT2D eigenvalue weighted by Gasteiger charge is 2.28. The smallest absolute Gasteiger partial charge is 0.308 e. The normalized spacial score (nSPS) is 17.8. The van der Waals surface area contributed by atoms with Crippen molar-refractivity contribution in [1.82, 2.24) is 10.3 Å². The largest absolute Gasteiger partial charge is 0.474 e. The summed E-state index contributed by atoms with van der Waals surface area (Å²) < 4.78 is 11.0. The summed E-state index contributed by atoms with van der Waals surface area (Å²) in [6.45, 7) is 2.62. The predicted molar refractivity (Wildman–Crippen MR) is 125 cm³/mol. The van der Waals surface area contributed by atoms with E-state index in [2.05, 4.69) is 10.3 Å². The van der Waals surface area contributed by atoms with Gasteiger partial charge in [0.25, 0.3) is 5.91 Å². The molecule has 8 heteroatoms. The lowest BCUT2D eigenvalue weighted by atomic mass is 9.87. The summed E-state index contributed by atoms with van der Waals surface area (Å²) in [6, 6.07) is 10.0. The van der Waals surface area contributed by atoms with E-state index in [1.807, 2.05) is 6.92 Å². The first-order valence-electron chi connectivity index (χ1n) is 11.3. The molecule has 0 atom stereocenters. The number of Topliss-reactive ketones (excluding diaryl/α,β-unsaturated/α-hetero) is 1. The molecule has 176 valence electrons. The molecule has 0 aliphatic heterocycles. The van der Waals surface area contributed by atoms with E-state index < -0.39 is 0 Å². The minimum atomic E-state index is -0.196. The number of hydrogen-bond acceptors (Lipinski definition) is 6. The van der Waals surface area contributed by atoms with E-state index in [1.54, 1.807) is 36.4 Å². The SMILES string of the molecule is CCOC(=O)C1CCC(Oc2ccc(C(=O)CCCNC(=O)c3ccc(Cl)cc3)cn2)CC1. The van der Waals surface area contributed by atoms with Gasteiger partial charge in [-0.05, 0) is 69.4 Å². The molecule has 3 rings (SSSR count). The van der Waals surface area contributed by atoms with Crippen LogP contribution in [0.2, 0.25) is 5.02 Å². The highest BCUT2D eigenvalue weighted by atomic mass is 35.5. The number of aromatic nitrogens is 1. The molecule has 0 saturated heterocycles. The average molecular weight is 473 g/mol. The van der Waals surface area contributed by atoms with E-state index >= 15 is 0 Å². The summed E-state index contributed by atoms with van der Waals surface area (Å²) in [5.74, 6) is 0.0693. The second kappa shape index (κ2) is 12.3. The third-order valence-corrected chi connectivity index (χ3v) is 5.86. The third kappa shape index (κ3) is 7.56. The first-order valence-corrected chi connectivity index (χ1v) is 11.7. The molecule has 33 heavy (non-hydrogen) atoms. The average Bonchev–Trinajstić information content (AvgIpc) is 2.83. The zero-order valence-corrected chi connectivity index (χ0v) is 19.5. The molecule has 1 amide bonds. The van der Waals surface area contributed by atoms with Crippen molar-refractivity contribution in [2.24, 2.45) is 5.92 Å². The lowest BCUT2D eigenvalue weighted by Crippen LogP contribution is -2.29. The first kappa shape index (κ1) is 24.7. The van der Waals surface area contributed by atoms with Gasteiger partial charge in [-0.1, -0.05) is 11.6 Å². The van der Waals surface area contributed by atoms with Crippen molar-refractivity contribution in [3.63, 3.8) is 0 Å². The number of carbonyl (C=O) groups is 3. The number of halogens is 1. The number of hydrogen-bond donors (Lipinski definition) is 1. The minimum Gasteiger partial charge on any atom is -0.474 e. The zero-order chi connectivity index (χ0) is 23.6. The van der Waals surface area contributed by atoms with Crippen LogP contribution in [0, 0.1) is 5.92 Å². The van der Waals surface area contributed by atoms with Gasteiger partial charge in [-0.2, -0.15) is 0 Å². The highest BCUT2D eigenvalue weighted by Crippen LogP contribution is 2.28. The first-order chi connectivity index (χ1) is 16.0. The monoisotopic (exact) mass is 472 g/mol. The summed E-state index contributed by atoms with van der Waals surface area (Å²) >= 11 is 5.82. The van der Waals surface area contributed by atoms with Crippen molar-refractivity contribution in [3.05, 3.63) is 58.7 Å². The van der Waals surface area contributed by atoms with Crippen molar-refractivity contribution in [2.75, 3.05) is 13.2 Å².